The van der Waals surface area contributed by atoms with E-state index in [1.165, 1.54) is 11.8 Å². The molecule has 1 amide bonds. The lowest BCUT2D eigenvalue weighted by molar-refractivity contribution is -0.119. The van der Waals surface area contributed by atoms with Gasteiger partial charge in [0.25, 0.3) is 0 Å². The molecule has 1 N–H and O–H groups in total. The highest BCUT2D eigenvalue weighted by molar-refractivity contribution is 7.99. The zero-order valence-corrected chi connectivity index (χ0v) is 16.7. The van der Waals surface area contributed by atoms with Crippen LogP contribution < -0.4 is 5.32 Å². The zero-order chi connectivity index (χ0) is 19.2. The van der Waals surface area contributed by atoms with E-state index in [4.69, 9.17) is 11.6 Å². The molecule has 27 heavy (non-hydrogen) atoms. The number of nitrogens with one attached hydrogen (secondary N) is 1. The van der Waals surface area contributed by atoms with Crippen LogP contribution in [-0.4, -0.2) is 37.5 Å². The molecular formula is C19H20ClN5OS. The van der Waals surface area contributed by atoms with Crippen LogP contribution in [0.3, 0.4) is 0 Å². The summed E-state index contributed by atoms with van der Waals surface area (Å²) in [6.45, 7) is 4.02. The van der Waals surface area contributed by atoms with E-state index in [-0.39, 0.29) is 17.7 Å². The number of nitrogens with zero attached hydrogens (tertiary/aromatic N) is 4. The summed E-state index contributed by atoms with van der Waals surface area (Å²) in [5, 5.41) is 12.9. The fourth-order valence-electron chi connectivity index (χ4n) is 2.42. The number of aromatic nitrogens is 4. The molecule has 3 rings (SSSR count). The minimum absolute atomic E-state index is 0.0227. The van der Waals surface area contributed by atoms with Gasteiger partial charge in [0.15, 0.2) is 11.0 Å². The molecule has 0 fully saturated rings. The molecule has 0 bridgehead atoms. The molecule has 6 nitrogen and oxygen atoms in total. The number of amides is 1. The largest absolute Gasteiger partial charge is 0.353 e. The summed E-state index contributed by atoms with van der Waals surface area (Å²) in [6.07, 6.45) is 4.31. The first-order chi connectivity index (χ1) is 13.1. The van der Waals surface area contributed by atoms with Crippen molar-refractivity contribution in [2.75, 3.05) is 5.75 Å². The van der Waals surface area contributed by atoms with Crippen molar-refractivity contribution in [2.45, 2.75) is 31.5 Å². The number of hydrogen-bond acceptors (Lipinski definition) is 5. The number of hydrogen-bond donors (Lipinski definition) is 1. The molecule has 0 aliphatic carbocycles. The lowest BCUT2D eigenvalue weighted by Crippen LogP contribution is -2.33. The summed E-state index contributed by atoms with van der Waals surface area (Å²) in [5.41, 5.74) is 1.77. The third-order valence-electron chi connectivity index (χ3n) is 4.01. The van der Waals surface area contributed by atoms with Crippen LogP contribution in [0.5, 0.6) is 0 Å². The Labute approximate surface area is 167 Å². The molecular weight excluding hydrogens is 382 g/mol. The van der Waals surface area contributed by atoms with Crippen molar-refractivity contribution < 1.29 is 4.79 Å². The topological polar surface area (TPSA) is 72.7 Å². The van der Waals surface area contributed by atoms with Crippen LogP contribution in [-0.2, 0) is 4.79 Å². The van der Waals surface area contributed by atoms with Crippen LogP contribution in [0.2, 0.25) is 5.02 Å². The van der Waals surface area contributed by atoms with Gasteiger partial charge in [-0.05, 0) is 49.7 Å². The van der Waals surface area contributed by atoms with Crippen LogP contribution in [0.1, 0.15) is 20.3 Å². The molecule has 1 unspecified atom stereocenters. The van der Waals surface area contributed by atoms with Crippen LogP contribution in [0.15, 0.2) is 53.9 Å². The molecule has 0 saturated carbocycles. The average molecular weight is 402 g/mol. The second-order valence-electron chi connectivity index (χ2n) is 6.02. The smallest absolute Gasteiger partial charge is 0.230 e. The first kappa shape index (κ1) is 19.4. The molecule has 2 heterocycles. The van der Waals surface area contributed by atoms with Crippen molar-refractivity contribution in [3.8, 4) is 17.1 Å². The second-order valence-corrected chi connectivity index (χ2v) is 7.40. The van der Waals surface area contributed by atoms with Gasteiger partial charge < -0.3 is 5.32 Å². The lowest BCUT2D eigenvalue weighted by Gasteiger charge is -2.12. The van der Waals surface area contributed by atoms with Crippen LogP contribution in [0.25, 0.3) is 17.1 Å². The summed E-state index contributed by atoms with van der Waals surface area (Å²) in [7, 11) is 0. The maximum absolute atomic E-state index is 12.1. The van der Waals surface area contributed by atoms with Crippen molar-refractivity contribution >= 4 is 29.3 Å². The first-order valence-electron chi connectivity index (χ1n) is 8.62. The third kappa shape index (κ3) is 4.87. The van der Waals surface area contributed by atoms with E-state index in [0.29, 0.717) is 16.0 Å². The van der Waals surface area contributed by atoms with Crippen molar-refractivity contribution in [3.05, 3.63) is 53.8 Å². The molecule has 0 spiro atoms. The van der Waals surface area contributed by atoms with Crippen LogP contribution in [0.4, 0.5) is 0 Å². The van der Waals surface area contributed by atoms with E-state index in [9.17, 15) is 4.79 Å². The van der Waals surface area contributed by atoms with Crippen molar-refractivity contribution in [3.63, 3.8) is 0 Å². The van der Waals surface area contributed by atoms with Gasteiger partial charge in [0.2, 0.25) is 5.91 Å². The van der Waals surface area contributed by atoms with E-state index in [0.717, 1.165) is 17.7 Å². The van der Waals surface area contributed by atoms with Gasteiger partial charge in [-0.3, -0.25) is 14.3 Å². The Balaban J connectivity index is 1.91. The molecule has 0 aliphatic rings. The van der Waals surface area contributed by atoms with E-state index in [2.05, 4.69) is 20.5 Å². The summed E-state index contributed by atoms with van der Waals surface area (Å²) >= 11 is 7.38. The minimum Gasteiger partial charge on any atom is -0.353 e. The highest BCUT2D eigenvalue weighted by Crippen LogP contribution is 2.28. The molecule has 0 saturated heterocycles. The Kier molecular flexibility index (Phi) is 6.47. The average Bonchev–Trinajstić information content (AvgIpc) is 3.11. The summed E-state index contributed by atoms with van der Waals surface area (Å²) in [6, 6.07) is 11.3. The van der Waals surface area contributed by atoms with E-state index < -0.39 is 0 Å². The number of halogens is 1. The Morgan fingerprint density at radius 1 is 1.19 bits per heavy atom. The fraction of sp³-hybridized carbons (Fsp3) is 0.263. The molecule has 2 aromatic heterocycles. The monoisotopic (exact) mass is 401 g/mol. The number of rotatable bonds is 7. The van der Waals surface area contributed by atoms with Gasteiger partial charge in [-0.2, -0.15) is 0 Å². The molecule has 140 valence electrons. The number of thioether (sulfide) groups is 1. The highest BCUT2D eigenvalue weighted by Gasteiger charge is 2.17. The summed E-state index contributed by atoms with van der Waals surface area (Å²) in [4.78, 5) is 16.2. The van der Waals surface area contributed by atoms with Crippen LogP contribution in [0, 0.1) is 0 Å². The number of carbonyl (C=O) groups excluding carboxylic acids is 1. The number of carbonyl (C=O) groups is 1. The molecule has 0 aliphatic heterocycles. The maximum atomic E-state index is 12.1. The molecule has 8 heteroatoms. The minimum atomic E-state index is -0.0227. The fourth-order valence-corrected chi connectivity index (χ4v) is 3.31. The molecule has 0 radical (unpaired) electrons. The second kappa shape index (κ2) is 9.01. The molecule has 3 aromatic rings. The van der Waals surface area contributed by atoms with Gasteiger partial charge in [-0.15, -0.1) is 10.2 Å². The van der Waals surface area contributed by atoms with Crippen molar-refractivity contribution in [2.24, 2.45) is 0 Å². The quantitative estimate of drug-likeness (QED) is 0.606. The summed E-state index contributed by atoms with van der Waals surface area (Å²) in [5.74, 6) is 0.932. The van der Waals surface area contributed by atoms with E-state index >= 15 is 0 Å². The van der Waals surface area contributed by atoms with E-state index in [1.807, 2.05) is 54.8 Å². The SMILES string of the molecule is CCC(C)NC(=O)CSc1nnc(-c2ccncc2)n1-c1ccc(Cl)cc1. The normalized spacial score (nSPS) is 12.0. The van der Waals surface area contributed by atoms with E-state index in [1.54, 1.807) is 12.4 Å². The number of benzene rings is 1. The molecule has 1 atom stereocenters. The lowest BCUT2D eigenvalue weighted by atomic mass is 10.2. The van der Waals surface area contributed by atoms with Crippen molar-refractivity contribution in [1.82, 2.24) is 25.1 Å². The third-order valence-corrected chi connectivity index (χ3v) is 5.19. The van der Waals surface area contributed by atoms with Gasteiger partial charge >= 0.3 is 0 Å². The first-order valence-corrected chi connectivity index (χ1v) is 9.98. The highest BCUT2D eigenvalue weighted by atomic mass is 35.5. The van der Waals surface area contributed by atoms with Gasteiger partial charge in [-0.1, -0.05) is 30.3 Å². The number of pyridine rings is 1. The predicted molar refractivity (Wildman–Crippen MR) is 108 cm³/mol. The Hall–Kier alpha value is -2.38. The van der Waals surface area contributed by atoms with Crippen LogP contribution >= 0.6 is 23.4 Å². The predicted octanol–water partition coefficient (Wildman–Crippen LogP) is 3.99. The van der Waals surface area contributed by atoms with Gasteiger partial charge in [0.1, 0.15) is 0 Å². The Morgan fingerprint density at radius 2 is 1.89 bits per heavy atom. The maximum Gasteiger partial charge on any atom is 0.230 e. The zero-order valence-electron chi connectivity index (χ0n) is 15.1. The Bertz CT molecular complexity index is 898. The van der Waals surface area contributed by atoms with Gasteiger partial charge in [0, 0.05) is 34.7 Å². The standard InChI is InChI=1S/C19H20ClN5OS/c1-3-13(2)22-17(26)12-27-19-24-23-18(14-8-10-21-11-9-14)25(19)16-6-4-15(20)5-7-16/h4-11,13H,3,12H2,1-2H3,(H,22,26). The summed E-state index contributed by atoms with van der Waals surface area (Å²) < 4.78 is 1.92. The van der Waals surface area contributed by atoms with Gasteiger partial charge in [0.05, 0.1) is 5.75 Å². The van der Waals surface area contributed by atoms with Gasteiger partial charge in [-0.25, -0.2) is 0 Å². The molecule has 1 aromatic carbocycles. The van der Waals surface area contributed by atoms with Crippen molar-refractivity contribution in [1.29, 1.82) is 0 Å². The Morgan fingerprint density at radius 3 is 2.56 bits per heavy atom.